The summed E-state index contributed by atoms with van der Waals surface area (Å²) in [7, 11) is -2.15. The van der Waals surface area contributed by atoms with Crippen molar-refractivity contribution in [3.05, 3.63) is 59.2 Å². The van der Waals surface area contributed by atoms with Gasteiger partial charge in [0, 0.05) is 25.3 Å². The van der Waals surface area contributed by atoms with Crippen LogP contribution >= 0.6 is 0 Å². The SMILES string of the molecule is COc1cccc(CN2CCCN(CC(=O)Nc3cc(C)ccc3C)S2(=O)=O)c1. The molecular weight excluding hydrogens is 390 g/mol. The van der Waals surface area contributed by atoms with Crippen LogP contribution in [0.15, 0.2) is 42.5 Å². The van der Waals surface area contributed by atoms with Crippen molar-refractivity contribution in [1.29, 1.82) is 0 Å². The van der Waals surface area contributed by atoms with Crippen LogP contribution < -0.4 is 10.1 Å². The maximum atomic E-state index is 13.0. The lowest BCUT2D eigenvalue weighted by atomic mass is 10.1. The number of hydrogen-bond acceptors (Lipinski definition) is 4. The standard InChI is InChI=1S/C21H27N3O4S/c1-16-8-9-17(2)20(12-16)22-21(25)15-24-11-5-10-23(29(24,26)27)14-18-6-4-7-19(13-18)28-3/h4,6-9,12-13H,5,10-11,14-15H2,1-3H3,(H,22,25). The fourth-order valence-electron chi connectivity index (χ4n) is 3.33. The number of carbonyl (C=O) groups excluding carboxylic acids is 1. The molecule has 0 radical (unpaired) electrons. The summed E-state index contributed by atoms with van der Waals surface area (Å²) in [5.41, 5.74) is 3.51. The molecule has 0 spiro atoms. The zero-order valence-corrected chi connectivity index (χ0v) is 17.8. The molecule has 0 unspecified atom stereocenters. The molecule has 1 heterocycles. The number of aryl methyl sites for hydroxylation is 2. The normalized spacial score (nSPS) is 17.1. The molecule has 1 amide bonds. The van der Waals surface area contributed by atoms with Crippen LogP contribution in [0.25, 0.3) is 0 Å². The summed E-state index contributed by atoms with van der Waals surface area (Å²) in [5.74, 6) is 0.340. The van der Waals surface area contributed by atoms with Crippen LogP contribution in [0.3, 0.4) is 0 Å². The second-order valence-corrected chi connectivity index (χ2v) is 9.17. The van der Waals surface area contributed by atoms with E-state index in [-0.39, 0.29) is 19.0 Å². The highest BCUT2D eigenvalue weighted by molar-refractivity contribution is 7.86. The number of nitrogens with one attached hydrogen (secondary N) is 1. The predicted molar refractivity (Wildman–Crippen MR) is 113 cm³/mol. The van der Waals surface area contributed by atoms with Crippen molar-refractivity contribution in [3.8, 4) is 5.75 Å². The van der Waals surface area contributed by atoms with Gasteiger partial charge < -0.3 is 10.1 Å². The molecule has 156 valence electrons. The Morgan fingerprint density at radius 2 is 1.86 bits per heavy atom. The van der Waals surface area contributed by atoms with Gasteiger partial charge in [-0.05, 0) is 55.2 Å². The first-order chi connectivity index (χ1) is 13.8. The molecule has 1 aliphatic heterocycles. The van der Waals surface area contributed by atoms with Gasteiger partial charge in [-0.25, -0.2) is 0 Å². The zero-order chi connectivity index (χ0) is 21.0. The fraction of sp³-hybridized carbons (Fsp3) is 0.381. The Morgan fingerprint density at radius 3 is 2.62 bits per heavy atom. The number of benzene rings is 2. The van der Waals surface area contributed by atoms with Gasteiger partial charge in [-0.15, -0.1) is 0 Å². The van der Waals surface area contributed by atoms with E-state index >= 15 is 0 Å². The lowest BCUT2D eigenvalue weighted by Crippen LogP contribution is -2.51. The van der Waals surface area contributed by atoms with Crippen molar-refractivity contribution in [3.63, 3.8) is 0 Å². The Morgan fingerprint density at radius 1 is 1.10 bits per heavy atom. The number of rotatable bonds is 6. The van der Waals surface area contributed by atoms with Gasteiger partial charge >= 0.3 is 0 Å². The van der Waals surface area contributed by atoms with Crippen molar-refractivity contribution >= 4 is 21.8 Å². The van der Waals surface area contributed by atoms with Crippen LogP contribution in [0.1, 0.15) is 23.1 Å². The molecule has 29 heavy (non-hydrogen) atoms. The topological polar surface area (TPSA) is 79.0 Å². The summed E-state index contributed by atoms with van der Waals surface area (Å²) >= 11 is 0. The highest BCUT2D eigenvalue weighted by Gasteiger charge is 2.34. The van der Waals surface area contributed by atoms with Gasteiger partial charge in [-0.1, -0.05) is 24.3 Å². The van der Waals surface area contributed by atoms with Crippen LogP contribution in [-0.2, 0) is 21.5 Å². The molecule has 0 atom stereocenters. The van der Waals surface area contributed by atoms with E-state index in [0.29, 0.717) is 30.9 Å². The summed E-state index contributed by atoms with van der Waals surface area (Å²) in [6.45, 7) is 4.65. The van der Waals surface area contributed by atoms with Crippen molar-refractivity contribution in [2.45, 2.75) is 26.8 Å². The Balaban J connectivity index is 1.69. The molecule has 0 aliphatic carbocycles. The monoisotopic (exact) mass is 417 g/mol. The van der Waals surface area contributed by atoms with E-state index in [1.165, 1.54) is 8.61 Å². The molecule has 2 aromatic rings. The Kier molecular flexibility index (Phi) is 6.56. The number of nitrogens with zero attached hydrogens (tertiary/aromatic N) is 2. The van der Waals surface area contributed by atoms with E-state index in [4.69, 9.17) is 4.74 Å². The van der Waals surface area contributed by atoms with Gasteiger partial charge in [0.05, 0.1) is 13.7 Å². The average Bonchev–Trinajstić information content (AvgIpc) is 2.68. The van der Waals surface area contributed by atoms with Gasteiger partial charge in [-0.3, -0.25) is 4.79 Å². The fourth-order valence-corrected chi connectivity index (χ4v) is 4.97. The summed E-state index contributed by atoms with van der Waals surface area (Å²) in [6, 6.07) is 13.1. The molecule has 2 aromatic carbocycles. The highest BCUT2D eigenvalue weighted by atomic mass is 32.2. The van der Waals surface area contributed by atoms with Crippen LogP contribution in [0.4, 0.5) is 5.69 Å². The molecule has 1 aliphatic rings. The number of amides is 1. The molecule has 0 saturated carbocycles. The summed E-state index contributed by atoms with van der Waals surface area (Å²) in [6.07, 6.45) is 0.667. The number of anilines is 1. The molecule has 1 saturated heterocycles. The largest absolute Gasteiger partial charge is 0.497 e. The molecule has 3 rings (SSSR count). The first-order valence-corrected chi connectivity index (χ1v) is 10.9. The summed E-state index contributed by atoms with van der Waals surface area (Å²) in [5, 5.41) is 2.84. The molecular formula is C21H27N3O4S. The quantitative estimate of drug-likeness (QED) is 0.784. The first kappa shape index (κ1) is 21.3. The second kappa shape index (κ2) is 8.94. The third kappa shape index (κ3) is 5.14. The predicted octanol–water partition coefficient (Wildman–Crippen LogP) is 2.70. The molecule has 1 N–H and O–H groups in total. The van der Waals surface area contributed by atoms with Crippen LogP contribution in [-0.4, -0.2) is 49.7 Å². The van der Waals surface area contributed by atoms with Gasteiger partial charge in [0.2, 0.25) is 5.91 Å². The van der Waals surface area contributed by atoms with Crippen molar-refractivity contribution in [2.24, 2.45) is 0 Å². The number of hydrogen-bond donors (Lipinski definition) is 1. The van der Waals surface area contributed by atoms with Gasteiger partial charge in [0.1, 0.15) is 5.75 Å². The van der Waals surface area contributed by atoms with E-state index in [1.54, 1.807) is 7.11 Å². The molecule has 0 aromatic heterocycles. The van der Waals surface area contributed by atoms with Gasteiger partial charge in [0.25, 0.3) is 10.2 Å². The first-order valence-electron chi connectivity index (χ1n) is 9.55. The third-order valence-corrected chi connectivity index (χ3v) is 6.88. The Labute approximate surface area is 172 Å². The van der Waals surface area contributed by atoms with Crippen LogP contribution in [0, 0.1) is 13.8 Å². The summed E-state index contributed by atoms with van der Waals surface area (Å²) < 4.78 is 33.9. The van der Waals surface area contributed by atoms with Crippen molar-refractivity contribution in [1.82, 2.24) is 8.61 Å². The second-order valence-electron chi connectivity index (χ2n) is 7.25. The minimum Gasteiger partial charge on any atom is -0.497 e. The van der Waals surface area contributed by atoms with E-state index < -0.39 is 10.2 Å². The smallest absolute Gasteiger partial charge is 0.282 e. The molecule has 0 bridgehead atoms. The number of ether oxygens (including phenoxy) is 1. The van der Waals surface area contributed by atoms with E-state index in [1.807, 2.05) is 56.3 Å². The Hall–Kier alpha value is -2.42. The van der Waals surface area contributed by atoms with E-state index in [0.717, 1.165) is 16.7 Å². The maximum Gasteiger partial charge on any atom is 0.282 e. The molecule has 7 nitrogen and oxygen atoms in total. The minimum absolute atomic E-state index is 0.204. The molecule has 1 fully saturated rings. The average molecular weight is 418 g/mol. The molecule has 8 heteroatoms. The third-order valence-electron chi connectivity index (χ3n) is 4.95. The maximum absolute atomic E-state index is 13.0. The highest BCUT2D eigenvalue weighted by Crippen LogP contribution is 2.22. The minimum atomic E-state index is -3.72. The zero-order valence-electron chi connectivity index (χ0n) is 17.0. The summed E-state index contributed by atoms with van der Waals surface area (Å²) in [4.78, 5) is 12.5. The lowest BCUT2D eigenvalue weighted by molar-refractivity contribution is -0.116. The van der Waals surface area contributed by atoms with Crippen LogP contribution in [0.5, 0.6) is 5.75 Å². The van der Waals surface area contributed by atoms with Crippen molar-refractivity contribution < 1.29 is 17.9 Å². The van der Waals surface area contributed by atoms with Gasteiger partial charge in [0.15, 0.2) is 0 Å². The Bertz CT molecular complexity index is 991. The van der Waals surface area contributed by atoms with Crippen molar-refractivity contribution in [2.75, 3.05) is 32.1 Å². The van der Waals surface area contributed by atoms with Crippen LogP contribution in [0.2, 0.25) is 0 Å². The lowest BCUT2D eigenvalue weighted by Gasteiger charge is -2.34. The van der Waals surface area contributed by atoms with E-state index in [9.17, 15) is 13.2 Å². The van der Waals surface area contributed by atoms with Gasteiger partial charge in [-0.2, -0.15) is 17.0 Å². The van der Waals surface area contributed by atoms with E-state index in [2.05, 4.69) is 5.32 Å². The number of carbonyl (C=O) groups is 1. The number of methoxy groups -OCH3 is 1.